The smallest absolute Gasteiger partial charge is 0.408 e. The Hall–Kier alpha value is -3.50. The summed E-state index contributed by atoms with van der Waals surface area (Å²) in [5.41, 5.74) is 3.88. The van der Waals surface area contributed by atoms with Crippen molar-refractivity contribution >= 4 is 29.4 Å². The van der Waals surface area contributed by atoms with E-state index in [9.17, 15) is 29.3 Å². The summed E-state index contributed by atoms with van der Waals surface area (Å²) in [5.74, 6) is -2.67. The number of primary amides is 1. The van der Waals surface area contributed by atoms with Crippen LogP contribution >= 0.6 is 0 Å². The number of nitro benzene ring substituents is 1. The zero-order valence-corrected chi connectivity index (χ0v) is 15.6. The zero-order chi connectivity index (χ0) is 21.5. The second kappa shape index (κ2) is 9.44. The first-order valence-electron chi connectivity index (χ1n) is 8.11. The van der Waals surface area contributed by atoms with Gasteiger partial charge < -0.3 is 20.5 Å². The number of nitro groups is 1. The van der Waals surface area contributed by atoms with E-state index in [-0.39, 0.29) is 11.3 Å². The van der Waals surface area contributed by atoms with E-state index >= 15 is 0 Å². The fourth-order valence-corrected chi connectivity index (χ4v) is 1.96. The minimum Gasteiger partial charge on any atom is -0.456 e. The Balaban J connectivity index is 2.75. The van der Waals surface area contributed by atoms with Gasteiger partial charge in [-0.25, -0.2) is 9.59 Å². The first-order valence-corrected chi connectivity index (χ1v) is 8.11. The quantitative estimate of drug-likeness (QED) is 0.285. The molecule has 152 valence electrons. The number of hydrogen-bond donors (Lipinski definition) is 2. The number of nitrogens with one attached hydrogen (secondary N) is 1. The molecule has 1 rings (SSSR count). The summed E-state index contributed by atoms with van der Waals surface area (Å²) in [6.07, 6.45) is -1.54. The van der Waals surface area contributed by atoms with Crippen LogP contribution in [0, 0.1) is 10.1 Å². The van der Waals surface area contributed by atoms with Crippen LogP contribution < -0.4 is 11.1 Å². The van der Waals surface area contributed by atoms with Crippen LogP contribution in [0.15, 0.2) is 24.3 Å². The van der Waals surface area contributed by atoms with E-state index in [0.29, 0.717) is 0 Å². The van der Waals surface area contributed by atoms with Crippen LogP contribution in [-0.2, 0) is 19.1 Å². The topological polar surface area (TPSA) is 168 Å². The van der Waals surface area contributed by atoms with Crippen LogP contribution in [0.3, 0.4) is 0 Å². The van der Waals surface area contributed by atoms with E-state index in [4.69, 9.17) is 15.2 Å². The molecular formula is C17H21N3O8. The molecule has 0 radical (unpaired) electrons. The third-order valence-corrected chi connectivity index (χ3v) is 3.11. The maximum atomic E-state index is 12.1. The van der Waals surface area contributed by atoms with Crippen LogP contribution in [0.4, 0.5) is 10.5 Å². The summed E-state index contributed by atoms with van der Waals surface area (Å²) < 4.78 is 9.81. The molecule has 0 saturated carbocycles. The summed E-state index contributed by atoms with van der Waals surface area (Å²) in [5, 5.41) is 12.9. The SMILES string of the molecule is CC(C)(C)OC(=O)N[C@H](CC(N)=O)C(=O)OCC(=O)c1cccc([N+](=O)[O-])c1. The fraction of sp³-hybridized carbons (Fsp3) is 0.412. The Morgan fingerprint density at radius 2 is 1.89 bits per heavy atom. The summed E-state index contributed by atoms with van der Waals surface area (Å²) in [6, 6.07) is 3.42. The molecule has 0 saturated heterocycles. The van der Waals surface area contributed by atoms with Gasteiger partial charge in [-0.05, 0) is 20.8 Å². The van der Waals surface area contributed by atoms with Gasteiger partial charge in [0.2, 0.25) is 11.7 Å². The van der Waals surface area contributed by atoms with Gasteiger partial charge in [0.25, 0.3) is 5.69 Å². The predicted molar refractivity (Wildman–Crippen MR) is 95.4 cm³/mol. The summed E-state index contributed by atoms with van der Waals surface area (Å²) >= 11 is 0. The minimum absolute atomic E-state index is 0.0337. The molecule has 1 aromatic rings. The number of benzene rings is 1. The number of alkyl carbamates (subject to hydrolysis) is 1. The molecule has 0 aliphatic carbocycles. The van der Waals surface area contributed by atoms with E-state index in [1.54, 1.807) is 20.8 Å². The van der Waals surface area contributed by atoms with E-state index in [1.165, 1.54) is 18.2 Å². The molecule has 0 aliphatic rings. The molecule has 11 heteroatoms. The number of nitrogens with zero attached hydrogens (tertiary/aromatic N) is 1. The van der Waals surface area contributed by atoms with Crippen molar-refractivity contribution in [1.82, 2.24) is 5.32 Å². The molecule has 0 aromatic heterocycles. The molecular weight excluding hydrogens is 374 g/mol. The van der Waals surface area contributed by atoms with Gasteiger partial charge in [0, 0.05) is 17.7 Å². The second-order valence-electron chi connectivity index (χ2n) is 6.71. The Morgan fingerprint density at radius 3 is 2.43 bits per heavy atom. The van der Waals surface area contributed by atoms with Crippen molar-refractivity contribution in [2.75, 3.05) is 6.61 Å². The Morgan fingerprint density at radius 1 is 1.25 bits per heavy atom. The van der Waals surface area contributed by atoms with Crippen molar-refractivity contribution < 1.29 is 33.6 Å². The highest BCUT2D eigenvalue weighted by atomic mass is 16.6. The largest absolute Gasteiger partial charge is 0.456 e. The van der Waals surface area contributed by atoms with Crippen LogP contribution in [0.1, 0.15) is 37.6 Å². The molecule has 0 aliphatic heterocycles. The number of nitrogens with two attached hydrogens (primary N) is 1. The maximum absolute atomic E-state index is 12.1. The van der Waals surface area contributed by atoms with Gasteiger partial charge in [-0.15, -0.1) is 0 Å². The average Bonchev–Trinajstić information content (AvgIpc) is 2.56. The Bertz CT molecular complexity index is 785. The molecule has 28 heavy (non-hydrogen) atoms. The number of amides is 2. The van der Waals surface area contributed by atoms with Crippen LogP contribution in [0.2, 0.25) is 0 Å². The molecule has 0 fully saturated rings. The fourth-order valence-electron chi connectivity index (χ4n) is 1.96. The normalized spacial score (nSPS) is 11.8. The highest BCUT2D eigenvalue weighted by molar-refractivity contribution is 5.99. The second-order valence-corrected chi connectivity index (χ2v) is 6.71. The van der Waals surface area contributed by atoms with E-state index in [2.05, 4.69) is 5.32 Å². The summed E-state index contributed by atoms with van der Waals surface area (Å²) in [7, 11) is 0. The van der Waals surface area contributed by atoms with Gasteiger partial charge in [0.15, 0.2) is 6.61 Å². The van der Waals surface area contributed by atoms with Gasteiger partial charge in [0.1, 0.15) is 11.6 Å². The molecule has 11 nitrogen and oxygen atoms in total. The highest BCUT2D eigenvalue weighted by Crippen LogP contribution is 2.14. The Kier molecular flexibility index (Phi) is 7.60. The molecule has 0 spiro atoms. The van der Waals surface area contributed by atoms with Gasteiger partial charge in [-0.2, -0.15) is 0 Å². The van der Waals surface area contributed by atoms with Gasteiger partial charge in [-0.3, -0.25) is 19.7 Å². The third-order valence-electron chi connectivity index (χ3n) is 3.11. The number of non-ortho nitro benzene ring substituents is 1. The molecule has 0 heterocycles. The predicted octanol–water partition coefficient (Wildman–Crippen LogP) is 1.09. The first-order chi connectivity index (χ1) is 12.9. The lowest BCUT2D eigenvalue weighted by Gasteiger charge is -2.22. The third kappa shape index (κ3) is 7.81. The number of rotatable bonds is 8. The Labute approximate surface area is 160 Å². The lowest BCUT2D eigenvalue weighted by Crippen LogP contribution is -2.46. The van der Waals surface area contributed by atoms with E-state index in [1.807, 2.05) is 0 Å². The van der Waals surface area contributed by atoms with Crippen molar-refractivity contribution in [2.45, 2.75) is 38.8 Å². The monoisotopic (exact) mass is 395 g/mol. The first kappa shape index (κ1) is 22.5. The molecule has 1 atom stereocenters. The zero-order valence-electron chi connectivity index (χ0n) is 15.6. The van der Waals surface area contributed by atoms with E-state index < -0.39 is 53.3 Å². The van der Waals surface area contributed by atoms with Crippen LogP contribution in [-0.4, -0.2) is 46.9 Å². The number of carbonyl (C=O) groups is 4. The number of esters is 1. The van der Waals surface area contributed by atoms with Crippen molar-refractivity contribution in [1.29, 1.82) is 0 Å². The summed E-state index contributed by atoms with van der Waals surface area (Å²) in [6.45, 7) is 4.06. The van der Waals surface area contributed by atoms with Crippen molar-refractivity contribution in [3.8, 4) is 0 Å². The minimum atomic E-state index is -1.45. The van der Waals surface area contributed by atoms with Crippen molar-refractivity contribution in [3.63, 3.8) is 0 Å². The molecule has 2 amide bonds. The molecule has 3 N–H and O–H groups in total. The number of carbonyl (C=O) groups excluding carboxylic acids is 4. The van der Waals surface area contributed by atoms with Crippen LogP contribution in [0.25, 0.3) is 0 Å². The number of ketones is 1. The standard InChI is InChI=1S/C17H21N3O8/c1-17(2,3)28-16(24)19-12(8-14(18)22)15(23)27-9-13(21)10-5-4-6-11(7-10)20(25)26/h4-7,12H,8-9H2,1-3H3,(H2,18,22)(H,19,24)/t12-/m1/s1. The summed E-state index contributed by atoms with van der Waals surface area (Å²) in [4.78, 5) is 57.2. The van der Waals surface area contributed by atoms with Crippen molar-refractivity contribution in [2.24, 2.45) is 5.73 Å². The maximum Gasteiger partial charge on any atom is 0.408 e. The van der Waals surface area contributed by atoms with E-state index in [0.717, 1.165) is 6.07 Å². The van der Waals surface area contributed by atoms with Gasteiger partial charge in [0.05, 0.1) is 11.3 Å². The van der Waals surface area contributed by atoms with Gasteiger partial charge >= 0.3 is 12.1 Å². The van der Waals surface area contributed by atoms with Gasteiger partial charge in [-0.1, -0.05) is 12.1 Å². The lowest BCUT2D eigenvalue weighted by molar-refractivity contribution is -0.384. The number of ether oxygens (including phenoxy) is 2. The highest BCUT2D eigenvalue weighted by Gasteiger charge is 2.27. The molecule has 0 bridgehead atoms. The van der Waals surface area contributed by atoms with Crippen molar-refractivity contribution in [3.05, 3.63) is 39.9 Å². The van der Waals surface area contributed by atoms with Crippen LogP contribution in [0.5, 0.6) is 0 Å². The lowest BCUT2D eigenvalue weighted by atomic mass is 10.1. The number of Topliss-reactive ketones (excluding diaryl/α,β-unsaturated/α-hetero) is 1. The average molecular weight is 395 g/mol. The molecule has 1 aromatic carbocycles. The number of hydrogen-bond acceptors (Lipinski definition) is 8. The molecule has 0 unspecified atom stereocenters.